The first-order valence-corrected chi connectivity index (χ1v) is 8.93. The minimum Gasteiger partial charge on any atom is -0.478 e. The average molecular weight is 368 g/mol. The van der Waals surface area contributed by atoms with Crippen LogP contribution in [0.1, 0.15) is 42.3 Å². The Balaban J connectivity index is 1.96. The summed E-state index contributed by atoms with van der Waals surface area (Å²) < 4.78 is 5.39. The number of ether oxygens (including phenoxy) is 1. The van der Waals surface area contributed by atoms with Crippen LogP contribution in [0, 0.1) is 0 Å². The van der Waals surface area contributed by atoms with E-state index >= 15 is 0 Å². The summed E-state index contributed by atoms with van der Waals surface area (Å²) in [5.74, 6) is -0.955. The monoisotopic (exact) mass is 368 g/mol. The molecule has 0 fully saturated rings. The lowest BCUT2D eigenvalue weighted by molar-refractivity contribution is 0.0634. The zero-order valence-electron chi connectivity index (χ0n) is 15.8. The van der Waals surface area contributed by atoms with Gasteiger partial charge in [-0.05, 0) is 80.3 Å². The molecule has 0 bridgehead atoms. The van der Waals surface area contributed by atoms with E-state index in [-0.39, 0.29) is 5.56 Å². The molecule has 27 heavy (non-hydrogen) atoms. The smallest absolute Gasteiger partial charge is 0.412 e. The molecule has 6 nitrogen and oxygen atoms in total. The maximum atomic E-state index is 12.3. The first-order chi connectivity index (χ1) is 12.7. The zero-order chi connectivity index (χ0) is 19.6. The average Bonchev–Trinajstić information content (AvgIpc) is 2.60. The molecule has 0 aliphatic carbocycles. The van der Waals surface area contributed by atoms with Crippen LogP contribution in [0.15, 0.2) is 36.4 Å². The number of nitrogens with one attached hydrogen (secondary N) is 2. The van der Waals surface area contributed by atoms with Crippen molar-refractivity contribution in [2.75, 3.05) is 11.9 Å². The molecule has 1 amide bonds. The van der Waals surface area contributed by atoms with E-state index in [9.17, 15) is 9.59 Å². The molecule has 0 aromatic heterocycles. The first kappa shape index (κ1) is 18.9. The zero-order valence-corrected chi connectivity index (χ0v) is 15.8. The van der Waals surface area contributed by atoms with Crippen LogP contribution in [0.5, 0.6) is 0 Å². The van der Waals surface area contributed by atoms with Gasteiger partial charge < -0.3 is 15.2 Å². The van der Waals surface area contributed by atoms with Gasteiger partial charge in [-0.1, -0.05) is 12.1 Å². The fraction of sp³-hybridized carbons (Fsp3) is 0.333. The van der Waals surface area contributed by atoms with E-state index in [1.165, 1.54) is 0 Å². The van der Waals surface area contributed by atoms with E-state index in [0.29, 0.717) is 0 Å². The normalized spacial score (nSPS) is 13.6. The highest BCUT2D eigenvalue weighted by molar-refractivity contribution is 5.90. The van der Waals surface area contributed by atoms with Crippen molar-refractivity contribution in [2.45, 2.75) is 39.3 Å². The van der Waals surface area contributed by atoms with Gasteiger partial charge in [-0.15, -0.1) is 0 Å². The number of hydrogen-bond donors (Lipinski definition) is 3. The van der Waals surface area contributed by atoms with Crippen LogP contribution in [0.25, 0.3) is 11.1 Å². The summed E-state index contributed by atoms with van der Waals surface area (Å²) in [6.07, 6.45) is 0.334. The third kappa shape index (κ3) is 4.65. The van der Waals surface area contributed by atoms with E-state index in [2.05, 4.69) is 16.7 Å². The van der Waals surface area contributed by atoms with Crippen molar-refractivity contribution in [3.05, 3.63) is 53.1 Å². The Morgan fingerprint density at radius 3 is 2.44 bits per heavy atom. The van der Waals surface area contributed by atoms with Gasteiger partial charge in [-0.2, -0.15) is 0 Å². The number of rotatable bonds is 3. The van der Waals surface area contributed by atoms with Crippen LogP contribution in [0.4, 0.5) is 10.5 Å². The topological polar surface area (TPSA) is 87.7 Å². The third-order valence-corrected chi connectivity index (χ3v) is 4.31. The van der Waals surface area contributed by atoms with Gasteiger partial charge in [-0.25, -0.2) is 9.59 Å². The van der Waals surface area contributed by atoms with Crippen molar-refractivity contribution in [3.63, 3.8) is 0 Å². The van der Waals surface area contributed by atoms with Gasteiger partial charge in [0.05, 0.1) is 5.56 Å². The molecular weight excluding hydrogens is 344 g/mol. The molecule has 0 saturated carbocycles. The fourth-order valence-electron chi connectivity index (χ4n) is 3.12. The lowest BCUT2D eigenvalue weighted by atomic mass is 9.93. The number of fused-ring (bicyclic) bond motifs is 1. The van der Waals surface area contributed by atoms with Gasteiger partial charge in [0.1, 0.15) is 5.60 Å². The number of carboxylic acid groups (broad SMARTS) is 1. The van der Waals surface area contributed by atoms with Crippen molar-refractivity contribution < 1.29 is 19.4 Å². The second-order valence-corrected chi connectivity index (χ2v) is 7.60. The van der Waals surface area contributed by atoms with Crippen molar-refractivity contribution in [1.29, 1.82) is 0 Å². The van der Waals surface area contributed by atoms with Crippen LogP contribution >= 0.6 is 0 Å². The molecule has 2 aromatic rings. The maximum Gasteiger partial charge on any atom is 0.412 e. The predicted octanol–water partition coefficient (Wildman–Crippen LogP) is 4.04. The van der Waals surface area contributed by atoms with Gasteiger partial charge in [-0.3, -0.25) is 5.32 Å². The molecule has 1 aliphatic rings. The highest BCUT2D eigenvalue weighted by Gasteiger charge is 2.20. The maximum absolute atomic E-state index is 12.3. The highest BCUT2D eigenvalue weighted by atomic mass is 16.6. The number of carboxylic acids is 1. The molecule has 3 N–H and O–H groups in total. The van der Waals surface area contributed by atoms with Gasteiger partial charge in [0.2, 0.25) is 0 Å². The SMILES string of the molecule is CC(C)(C)OC(=O)Nc1cc(-c2ccc(C(=O)O)cc2)cc2c1CCNC2. The molecule has 3 rings (SSSR count). The van der Waals surface area contributed by atoms with E-state index in [1.807, 2.05) is 26.8 Å². The van der Waals surface area contributed by atoms with Gasteiger partial charge in [0.15, 0.2) is 0 Å². The Morgan fingerprint density at radius 1 is 1.11 bits per heavy atom. The number of hydrogen-bond acceptors (Lipinski definition) is 4. The molecule has 142 valence electrons. The summed E-state index contributed by atoms with van der Waals surface area (Å²) in [5, 5.41) is 15.3. The Hall–Kier alpha value is -2.86. The number of anilines is 1. The second-order valence-electron chi connectivity index (χ2n) is 7.60. The summed E-state index contributed by atoms with van der Waals surface area (Å²) in [5.41, 5.74) is 4.43. The van der Waals surface area contributed by atoms with Crippen molar-refractivity contribution >= 4 is 17.7 Å². The summed E-state index contributed by atoms with van der Waals surface area (Å²) in [7, 11) is 0. The molecule has 1 aliphatic heterocycles. The molecule has 6 heteroatoms. The molecule has 0 unspecified atom stereocenters. The second kappa shape index (κ2) is 7.40. The minimum atomic E-state index is -0.955. The lowest BCUT2D eigenvalue weighted by Gasteiger charge is -2.24. The molecular formula is C21H24N2O4. The summed E-state index contributed by atoms with van der Waals surface area (Å²) in [6, 6.07) is 10.7. The summed E-state index contributed by atoms with van der Waals surface area (Å²) in [4.78, 5) is 23.3. The molecule has 0 saturated heterocycles. The Kier molecular flexibility index (Phi) is 5.19. The minimum absolute atomic E-state index is 0.241. The number of carbonyl (C=O) groups is 2. The van der Waals surface area contributed by atoms with Gasteiger partial charge in [0.25, 0.3) is 0 Å². The van der Waals surface area contributed by atoms with Crippen molar-refractivity contribution in [1.82, 2.24) is 5.32 Å². The number of amides is 1. The van der Waals surface area contributed by atoms with E-state index in [1.54, 1.807) is 24.3 Å². The lowest BCUT2D eigenvalue weighted by Crippen LogP contribution is -2.29. The number of carbonyl (C=O) groups excluding carboxylic acids is 1. The van der Waals surface area contributed by atoms with Crippen LogP contribution in [0.3, 0.4) is 0 Å². The van der Waals surface area contributed by atoms with E-state index in [0.717, 1.165) is 47.5 Å². The Labute approximate surface area is 158 Å². The summed E-state index contributed by atoms with van der Waals surface area (Å²) >= 11 is 0. The summed E-state index contributed by atoms with van der Waals surface area (Å²) in [6.45, 7) is 7.05. The number of benzene rings is 2. The van der Waals surface area contributed by atoms with Gasteiger partial charge in [0, 0.05) is 12.2 Å². The molecule has 0 atom stereocenters. The standard InChI is InChI=1S/C21H24N2O4/c1-21(2,3)27-20(26)23-18-11-15(10-16-12-22-9-8-17(16)18)13-4-6-14(7-5-13)19(24)25/h4-7,10-11,22H,8-9,12H2,1-3H3,(H,23,26)(H,24,25). The van der Waals surface area contributed by atoms with Crippen molar-refractivity contribution in [3.8, 4) is 11.1 Å². The molecule has 0 spiro atoms. The van der Waals surface area contributed by atoms with Gasteiger partial charge >= 0.3 is 12.1 Å². The fourth-order valence-corrected chi connectivity index (χ4v) is 3.12. The van der Waals surface area contributed by atoms with Crippen molar-refractivity contribution in [2.24, 2.45) is 0 Å². The highest BCUT2D eigenvalue weighted by Crippen LogP contribution is 2.31. The van der Waals surface area contributed by atoms with E-state index in [4.69, 9.17) is 9.84 Å². The largest absolute Gasteiger partial charge is 0.478 e. The van der Waals surface area contributed by atoms with Crippen LogP contribution < -0.4 is 10.6 Å². The first-order valence-electron chi connectivity index (χ1n) is 8.93. The molecule has 0 radical (unpaired) electrons. The van der Waals surface area contributed by atoms with Crippen LogP contribution in [-0.4, -0.2) is 29.3 Å². The number of aromatic carboxylic acids is 1. The molecule has 2 aromatic carbocycles. The third-order valence-electron chi connectivity index (χ3n) is 4.31. The van der Waals surface area contributed by atoms with Crippen LogP contribution in [-0.2, 0) is 17.7 Å². The predicted molar refractivity (Wildman–Crippen MR) is 104 cm³/mol. The van der Waals surface area contributed by atoms with E-state index < -0.39 is 17.7 Å². The molecule has 1 heterocycles. The quantitative estimate of drug-likeness (QED) is 0.761. The Bertz CT molecular complexity index is 867. The van der Waals surface area contributed by atoms with Crippen LogP contribution in [0.2, 0.25) is 0 Å². The Morgan fingerprint density at radius 2 is 1.81 bits per heavy atom.